The molecular formula is C17H26N2O2. The van der Waals surface area contributed by atoms with Crippen molar-refractivity contribution in [2.75, 3.05) is 39.5 Å². The highest BCUT2D eigenvalue weighted by atomic mass is 16.5. The molecule has 2 aliphatic rings. The van der Waals surface area contributed by atoms with Gasteiger partial charge in [0.2, 0.25) is 0 Å². The van der Waals surface area contributed by atoms with E-state index < -0.39 is 0 Å². The number of benzene rings is 1. The third-order valence-electron chi connectivity index (χ3n) is 4.06. The van der Waals surface area contributed by atoms with Crippen LogP contribution in [0.3, 0.4) is 0 Å². The smallest absolute Gasteiger partial charge is 0.119 e. The van der Waals surface area contributed by atoms with Crippen LogP contribution in [0.4, 0.5) is 0 Å². The molecule has 2 fully saturated rings. The highest BCUT2D eigenvalue weighted by Gasteiger charge is 2.19. The van der Waals surface area contributed by atoms with Crippen LogP contribution in [0.25, 0.3) is 0 Å². The van der Waals surface area contributed by atoms with E-state index in [2.05, 4.69) is 28.4 Å². The summed E-state index contributed by atoms with van der Waals surface area (Å²) in [5.74, 6) is 0.983. The van der Waals surface area contributed by atoms with E-state index in [-0.39, 0.29) is 0 Å². The first-order chi connectivity index (χ1) is 10.4. The third kappa shape index (κ3) is 5.30. The lowest BCUT2D eigenvalue weighted by Gasteiger charge is -2.19. The van der Waals surface area contributed by atoms with Gasteiger partial charge in [0.05, 0.1) is 6.61 Å². The number of nitrogens with one attached hydrogen (secondary N) is 1. The SMILES string of the molecule is c1cc(CNC2CC2)cc(OCCN2CCCOCC2)c1. The zero-order chi connectivity index (χ0) is 14.3. The molecule has 0 unspecified atom stereocenters. The molecule has 0 atom stereocenters. The maximum atomic E-state index is 5.90. The van der Waals surface area contributed by atoms with Crippen molar-refractivity contribution in [3.63, 3.8) is 0 Å². The van der Waals surface area contributed by atoms with Gasteiger partial charge in [-0.25, -0.2) is 0 Å². The van der Waals surface area contributed by atoms with E-state index >= 15 is 0 Å². The Bertz CT molecular complexity index is 427. The molecule has 0 radical (unpaired) electrons. The molecule has 0 spiro atoms. The molecule has 1 aromatic rings. The van der Waals surface area contributed by atoms with Gasteiger partial charge in [0.25, 0.3) is 0 Å². The number of nitrogens with zero attached hydrogens (tertiary/aromatic N) is 1. The van der Waals surface area contributed by atoms with Crippen molar-refractivity contribution in [1.29, 1.82) is 0 Å². The van der Waals surface area contributed by atoms with Gasteiger partial charge in [-0.1, -0.05) is 12.1 Å². The minimum absolute atomic E-state index is 0.750. The van der Waals surface area contributed by atoms with Gasteiger partial charge < -0.3 is 14.8 Å². The summed E-state index contributed by atoms with van der Waals surface area (Å²) < 4.78 is 11.4. The molecule has 1 N–H and O–H groups in total. The van der Waals surface area contributed by atoms with Crippen molar-refractivity contribution in [3.05, 3.63) is 29.8 Å². The van der Waals surface area contributed by atoms with Gasteiger partial charge >= 0.3 is 0 Å². The summed E-state index contributed by atoms with van der Waals surface area (Å²) in [6, 6.07) is 9.19. The lowest BCUT2D eigenvalue weighted by atomic mass is 10.2. The molecule has 21 heavy (non-hydrogen) atoms. The summed E-state index contributed by atoms with van der Waals surface area (Å²) in [6.45, 7) is 6.57. The molecule has 0 amide bonds. The highest BCUT2D eigenvalue weighted by Crippen LogP contribution is 2.20. The van der Waals surface area contributed by atoms with Gasteiger partial charge in [0.15, 0.2) is 0 Å². The predicted octanol–water partition coefficient (Wildman–Crippen LogP) is 2.04. The van der Waals surface area contributed by atoms with Crippen molar-refractivity contribution in [2.45, 2.75) is 31.8 Å². The number of hydrogen-bond donors (Lipinski definition) is 1. The second-order valence-corrected chi connectivity index (χ2v) is 5.96. The molecule has 4 heteroatoms. The Morgan fingerprint density at radius 2 is 2.19 bits per heavy atom. The van der Waals surface area contributed by atoms with Crippen LogP contribution in [-0.4, -0.2) is 50.4 Å². The maximum Gasteiger partial charge on any atom is 0.119 e. The van der Waals surface area contributed by atoms with Gasteiger partial charge in [0, 0.05) is 38.8 Å². The second-order valence-electron chi connectivity index (χ2n) is 5.96. The monoisotopic (exact) mass is 290 g/mol. The average molecular weight is 290 g/mol. The third-order valence-corrected chi connectivity index (χ3v) is 4.06. The Labute approximate surface area is 127 Å². The highest BCUT2D eigenvalue weighted by molar-refractivity contribution is 5.28. The quantitative estimate of drug-likeness (QED) is 0.833. The number of ether oxygens (including phenoxy) is 2. The van der Waals surface area contributed by atoms with Gasteiger partial charge in [-0.3, -0.25) is 4.90 Å². The van der Waals surface area contributed by atoms with Crippen LogP contribution < -0.4 is 10.1 Å². The average Bonchev–Trinajstić information content (AvgIpc) is 3.33. The van der Waals surface area contributed by atoms with E-state index in [0.29, 0.717) is 0 Å². The molecule has 1 saturated carbocycles. The molecule has 1 aliphatic heterocycles. The molecule has 3 rings (SSSR count). The zero-order valence-corrected chi connectivity index (χ0v) is 12.7. The standard InChI is InChI=1S/C17H26N2O2/c1-3-15(14-18-16-5-6-16)13-17(4-1)21-12-9-19-7-2-10-20-11-8-19/h1,3-4,13,16,18H,2,5-12,14H2. The van der Waals surface area contributed by atoms with Crippen LogP contribution in [0, 0.1) is 0 Å². The van der Waals surface area contributed by atoms with Crippen LogP contribution in [0.2, 0.25) is 0 Å². The summed E-state index contributed by atoms with van der Waals surface area (Å²) in [6.07, 6.45) is 3.79. The molecule has 1 saturated heterocycles. The molecular weight excluding hydrogens is 264 g/mol. The van der Waals surface area contributed by atoms with Crippen molar-refractivity contribution in [3.8, 4) is 5.75 Å². The largest absolute Gasteiger partial charge is 0.492 e. The van der Waals surface area contributed by atoms with Gasteiger partial charge in [-0.15, -0.1) is 0 Å². The Kier molecular flexibility index (Phi) is 5.49. The molecule has 1 aliphatic carbocycles. The minimum atomic E-state index is 0.750. The maximum absolute atomic E-state index is 5.90. The van der Waals surface area contributed by atoms with Crippen LogP contribution in [0.5, 0.6) is 5.75 Å². The molecule has 4 nitrogen and oxygen atoms in total. The second kappa shape index (κ2) is 7.78. The molecule has 0 aromatic heterocycles. The molecule has 1 aromatic carbocycles. The van der Waals surface area contributed by atoms with Crippen LogP contribution in [-0.2, 0) is 11.3 Å². The number of hydrogen-bond acceptors (Lipinski definition) is 4. The fraction of sp³-hybridized carbons (Fsp3) is 0.647. The van der Waals surface area contributed by atoms with Gasteiger partial charge in [0.1, 0.15) is 12.4 Å². The first-order valence-corrected chi connectivity index (χ1v) is 8.15. The lowest BCUT2D eigenvalue weighted by molar-refractivity contribution is 0.137. The zero-order valence-electron chi connectivity index (χ0n) is 12.7. The fourth-order valence-electron chi connectivity index (χ4n) is 2.61. The summed E-state index contributed by atoms with van der Waals surface area (Å²) in [4.78, 5) is 2.42. The lowest BCUT2D eigenvalue weighted by Crippen LogP contribution is -2.30. The summed E-state index contributed by atoms with van der Waals surface area (Å²) in [5, 5.41) is 3.54. The molecule has 0 bridgehead atoms. The first-order valence-electron chi connectivity index (χ1n) is 8.15. The summed E-state index contributed by atoms with van der Waals surface area (Å²) in [7, 11) is 0. The van der Waals surface area contributed by atoms with Crippen LogP contribution >= 0.6 is 0 Å². The van der Waals surface area contributed by atoms with Crippen LogP contribution in [0.15, 0.2) is 24.3 Å². The summed E-state index contributed by atoms with van der Waals surface area (Å²) >= 11 is 0. The van der Waals surface area contributed by atoms with Crippen LogP contribution in [0.1, 0.15) is 24.8 Å². The van der Waals surface area contributed by atoms with Crippen molar-refractivity contribution in [1.82, 2.24) is 10.2 Å². The Balaban J connectivity index is 1.40. The van der Waals surface area contributed by atoms with E-state index in [4.69, 9.17) is 9.47 Å². The fourth-order valence-corrected chi connectivity index (χ4v) is 2.61. The van der Waals surface area contributed by atoms with Gasteiger partial charge in [-0.2, -0.15) is 0 Å². The Morgan fingerprint density at radius 1 is 1.24 bits per heavy atom. The number of rotatable bonds is 7. The predicted molar refractivity (Wildman–Crippen MR) is 83.7 cm³/mol. The summed E-state index contributed by atoms with van der Waals surface area (Å²) in [5.41, 5.74) is 1.31. The van der Waals surface area contributed by atoms with E-state index in [0.717, 1.165) is 64.2 Å². The van der Waals surface area contributed by atoms with E-state index in [1.54, 1.807) is 0 Å². The van der Waals surface area contributed by atoms with Crippen molar-refractivity contribution >= 4 is 0 Å². The minimum Gasteiger partial charge on any atom is -0.492 e. The van der Waals surface area contributed by atoms with Crippen molar-refractivity contribution in [2.24, 2.45) is 0 Å². The molecule has 1 heterocycles. The first kappa shape index (κ1) is 14.8. The Hall–Kier alpha value is -1.10. The van der Waals surface area contributed by atoms with E-state index in [9.17, 15) is 0 Å². The topological polar surface area (TPSA) is 33.7 Å². The van der Waals surface area contributed by atoms with Gasteiger partial charge in [-0.05, 0) is 37.0 Å². The Morgan fingerprint density at radius 3 is 3.10 bits per heavy atom. The van der Waals surface area contributed by atoms with Crippen molar-refractivity contribution < 1.29 is 9.47 Å². The van der Waals surface area contributed by atoms with E-state index in [1.165, 1.54) is 18.4 Å². The molecule has 116 valence electrons. The van der Waals surface area contributed by atoms with E-state index in [1.807, 2.05) is 6.07 Å². The normalized spacial score (nSPS) is 20.2.